The van der Waals surface area contributed by atoms with Crippen molar-refractivity contribution in [2.45, 2.75) is 108 Å². The highest BCUT2D eigenvalue weighted by atomic mass is 16.5. The summed E-state index contributed by atoms with van der Waals surface area (Å²) in [6.45, 7) is 12.7. The van der Waals surface area contributed by atoms with Crippen LogP contribution in [-0.4, -0.2) is 118 Å². The minimum atomic E-state index is -0.557. The molecular weight excluding hydrogens is 897 g/mol. The van der Waals surface area contributed by atoms with Crippen molar-refractivity contribution in [3.63, 3.8) is 0 Å². The van der Waals surface area contributed by atoms with Crippen LogP contribution in [0.4, 0.5) is 11.5 Å². The topological polar surface area (TPSA) is 233 Å². The summed E-state index contributed by atoms with van der Waals surface area (Å²) in [5.41, 5.74) is 23.1. The highest BCUT2D eigenvalue weighted by Crippen LogP contribution is 2.39. The molecule has 0 aliphatic carbocycles. The van der Waals surface area contributed by atoms with Crippen LogP contribution in [0.25, 0.3) is 5.70 Å². The van der Waals surface area contributed by atoms with Gasteiger partial charge >= 0.3 is 0 Å². The van der Waals surface area contributed by atoms with Gasteiger partial charge in [0.2, 0.25) is 17.7 Å². The summed E-state index contributed by atoms with van der Waals surface area (Å²) in [6.07, 6.45) is 11.2. The maximum Gasteiger partial charge on any atom is 0.243 e. The maximum atomic E-state index is 14.2. The minimum absolute atomic E-state index is 0.0577. The van der Waals surface area contributed by atoms with Gasteiger partial charge in [-0.15, -0.1) is 0 Å². The number of fused-ring (bicyclic) bond motifs is 2. The fraction of sp³-hybridized carbons (Fsp3) is 0.500. The summed E-state index contributed by atoms with van der Waals surface area (Å²) in [5, 5.41) is 27.1. The van der Waals surface area contributed by atoms with Crippen LogP contribution in [0.15, 0.2) is 95.0 Å². The third kappa shape index (κ3) is 11.0. The number of phenols is 1. The first-order valence-corrected chi connectivity index (χ1v) is 25.5. The van der Waals surface area contributed by atoms with Crippen molar-refractivity contribution in [3.05, 3.63) is 113 Å². The summed E-state index contributed by atoms with van der Waals surface area (Å²) in [7, 11) is 0. The number of amides is 2. The molecule has 4 aromatic rings. The number of nitrogens with one attached hydrogen (secondary N) is 1. The predicted octanol–water partition coefficient (Wildman–Crippen LogP) is 5.75. The number of benzene rings is 2. The third-order valence-electron chi connectivity index (χ3n) is 15.4. The molecule has 9 rings (SSSR count). The van der Waals surface area contributed by atoms with Crippen molar-refractivity contribution in [2.24, 2.45) is 29.0 Å². The minimum Gasteiger partial charge on any atom is -0.507 e. The number of aromatic hydroxyl groups is 1. The normalized spacial score (nSPS) is 22.1. The van der Waals surface area contributed by atoms with E-state index in [1.165, 1.54) is 0 Å². The lowest BCUT2D eigenvalue weighted by Gasteiger charge is -2.44. The molecule has 0 spiro atoms. The Labute approximate surface area is 417 Å². The maximum absolute atomic E-state index is 14.2. The molecule has 5 fully saturated rings. The second kappa shape index (κ2) is 21.6. The number of hydrogen-bond acceptors (Lipinski definition) is 15. The molecular formula is C54H70N12O5. The predicted molar refractivity (Wildman–Crippen MR) is 272 cm³/mol. The van der Waals surface area contributed by atoms with E-state index in [1.807, 2.05) is 51.2 Å². The van der Waals surface area contributed by atoms with E-state index < -0.39 is 12.0 Å². The van der Waals surface area contributed by atoms with E-state index in [9.17, 15) is 14.7 Å². The van der Waals surface area contributed by atoms with Crippen LogP contribution in [0.3, 0.4) is 0 Å². The highest BCUT2D eigenvalue weighted by molar-refractivity contribution is 5.91. The van der Waals surface area contributed by atoms with Gasteiger partial charge in [-0.2, -0.15) is 5.26 Å². The Balaban J connectivity index is 0.727. The zero-order valence-corrected chi connectivity index (χ0v) is 41.3. The molecule has 0 radical (unpaired) electrons. The zero-order chi connectivity index (χ0) is 49.8. The van der Waals surface area contributed by atoms with E-state index in [0.29, 0.717) is 53.0 Å². The van der Waals surface area contributed by atoms with E-state index in [4.69, 9.17) is 31.7 Å². The number of nitrogens with two attached hydrogens (primary N) is 3. The first-order valence-electron chi connectivity index (χ1n) is 25.5. The van der Waals surface area contributed by atoms with E-state index in [0.717, 1.165) is 108 Å². The molecule has 17 nitrogen and oxygen atoms in total. The van der Waals surface area contributed by atoms with Crippen LogP contribution in [-0.2, 0) is 9.59 Å². The van der Waals surface area contributed by atoms with Crippen LogP contribution in [0.5, 0.6) is 11.6 Å². The molecule has 71 heavy (non-hydrogen) atoms. The number of piperidine rings is 2. The molecule has 5 atom stereocenters. The van der Waals surface area contributed by atoms with Crippen LogP contribution < -0.4 is 37.1 Å². The number of phenolic OH excluding ortho intramolecular Hbond substituents is 1. The molecule has 0 saturated carbocycles. The fourth-order valence-corrected chi connectivity index (χ4v) is 11.6. The number of anilines is 2. The highest BCUT2D eigenvalue weighted by Gasteiger charge is 2.42. The Morgan fingerprint density at radius 2 is 1.63 bits per heavy atom. The average molecular weight is 967 g/mol. The van der Waals surface area contributed by atoms with Gasteiger partial charge in [-0.1, -0.05) is 43.3 Å². The average Bonchev–Trinajstić information content (AvgIpc) is 4.13. The van der Waals surface area contributed by atoms with E-state index in [-0.39, 0.29) is 53.5 Å². The van der Waals surface area contributed by atoms with Crippen molar-refractivity contribution >= 4 is 29.0 Å². The van der Waals surface area contributed by atoms with E-state index in [1.54, 1.807) is 41.3 Å². The smallest absolute Gasteiger partial charge is 0.243 e. The molecule has 2 aromatic carbocycles. The zero-order valence-electron chi connectivity index (χ0n) is 41.3. The number of hydrogen-bond donors (Lipinski definition) is 5. The number of piperazine rings is 1. The first-order chi connectivity index (χ1) is 34.3. The number of allylic oxidation sites excluding steroid dienone is 1. The standard InChI is InChI=1S/C54H70N12O5/c1-34(2)51(54(69)65-22-6-8-45(65)53(68)60-35(3)38-12-10-36(30-55)11-13-38)48-29-49(61-71-48)63-25-17-37(18-26-63)31-62-23-19-42(20-24-62)70-50-27-39(16-21-59-50)66-40-14-15-41(66)33-64(32-40)46(52(57)58)28-44(56)43-7-4-5-9-47(43)67/h4-5,7,9-13,16,21,27-29,34-35,37,40-42,45,51,67H,6,8,14-15,17-20,22-26,31-33,56-58H2,1-3H3,(H,60,68)/b44-28-. The van der Waals surface area contributed by atoms with Gasteiger partial charge in [0.05, 0.1) is 23.4 Å². The van der Waals surface area contributed by atoms with Gasteiger partial charge in [0, 0.05) is 99.7 Å². The summed E-state index contributed by atoms with van der Waals surface area (Å²) in [6, 6.07) is 22.1. The number of para-hydroxylation sites is 1. The SMILES string of the molecule is CC(NC(=O)C1CCCN1C(=O)C(c1cc(N2CCC(CN3CCC(Oc4cc(N5C6CCC5CN(C(/C=C(\N)c5ccccc5O)=C(N)N)C6)ccn4)CC3)CC2)no1)C(C)C)c1ccc(C#N)cc1. The lowest BCUT2D eigenvalue weighted by atomic mass is 9.91. The number of rotatable bonds is 15. The Kier molecular flexibility index (Phi) is 14.9. The number of pyridine rings is 1. The number of likely N-dealkylation sites (tertiary alicyclic amines) is 3. The van der Waals surface area contributed by atoms with Gasteiger partial charge in [0.25, 0.3) is 0 Å². The Hall–Kier alpha value is -6.93. The van der Waals surface area contributed by atoms with E-state index >= 15 is 0 Å². The fourth-order valence-electron chi connectivity index (χ4n) is 11.6. The Morgan fingerprint density at radius 1 is 0.915 bits per heavy atom. The molecule has 7 heterocycles. The Morgan fingerprint density at radius 3 is 2.31 bits per heavy atom. The second-order valence-electron chi connectivity index (χ2n) is 20.5. The van der Waals surface area contributed by atoms with Crippen LogP contribution >= 0.6 is 0 Å². The molecule has 376 valence electrons. The number of carbonyl (C=O) groups is 2. The van der Waals surface area contributed by atoms with Gasteiger partial charge in [-0.3, -0.25) is 9.59 Å². The quantitative estimate of drug-likeness (QED) is 0.0893. The summed E-state index contributed by atoms with van der Waals surface area (Å²) in [4.78, 5) is 43.7. The van der Waals surface area contributed by atoms with Gasteiger partial charge < -0.3 is 61.4 Å². The summed E-state index contributed by atoms with van der Waals surface area (Å²) >= 11 is 0. The van der Waals surface area contributed by atoms with Crippen molar-refractivity contribution in [1.29, 1.82) is 5.26 Å². The van der Waals surface area contributed by atoms with Gasteiger partial charge in [-0.05, 0) is 112 Å². The number of aromatic nitrogens is 2. The largest absolute Gasteiger partial charge is 0.507 e. The van der Waals surface area contributed by atoms with Crippen molar-refractivity contribution < 1.29 is 24.0 Å². The number of ether oxygens (including phenoxy) is 1. The number of carbonyl (C=O) groups excluding carboxylic acids is 2. The van der Waals surface area contributed by atoms with Gasteiger partial charge in [-0.25, -0.2) is 4.98 Å². The monoisotopic (exact) mass is 967 g/mol. The van der Waals surface area contributed by atoms with E-state index in [2.05, 4.69) is 53.3 Å². The van der Waals surface area contributed by atoms with Gasteiger partial charge in [0.15, 0.2) is 11.6 Å². The van der Waals surface area contributed by atoms with Crippen molar-refractivity contribution in [2.75, 3.05) is 62.2 Å². The third-order valence-corrected chi connectivity index (χ3v) is 15.4. The second-order valence-corrected chi connectivity index (χ2v) is 20.5. The lowest BCUT2D eigenvalue weighted by Crippen LogP contribution is -2.53. The molecule has 17 heteroatoms. The summed E-state index contributed by atoms with van der Waals surface area (Å²) in [5.74, 6) is 1.96. The first kappa shape index (κ1) is 49.1. The lowest BCUT2D eigenvalue weighted by molar-refractivity contribution is -0.141. The molecule has 5 unspecified atom stereocenters. The van der Waals surface area contributed by atoms with Crippen LogP contribution in [0.2, 0.25) is 0 Å². The molecule has 8 N–H and O–H groups in total. The van der Waals surface area contributed by atoms with Gasteiger partial charge in [0.1, 0.15) is 29.6 Å². The van der Waals surface area contributed by atoms with Crippen molar-refractivity contribution in [3.8, 4) is 17.7 Å². The number of nitriles is 1. The van der Waals surface area contributed by atoms with Crippen LogP contribution in [0.1, 0.15) is 107 Å². The van der Waals surface area contributed by atoms with Crippen LogP contribution in [0, 0.1) is 23.2 Å². The molecule has 5 saturated heterocycles. The molecule has 2 aromatic heterocycles. The molecule has 5 aliphatic rings. The summed E-state index contributed by atoms with van der Waals surface area (Å²) < 4.78 is 12.5. The number of nitrogens with zero attached hydrogens (tertiary/aromatic N) is 8. The Bertz CT molecular complexity index is 2590. The molecule has 2 bridgehead atoms. The molecule has 2 amide bonds. The molecule has 5 aliphatic heterocycles. The van der Waals surface area contributed by atoms with Crippen molar-refractivity contribution in [1.82, 2.24) is 30.2 Å².